The van der Waals surface area contributed by atoms with Gasteiger partial charge in [0, 0.05) is 0 Å². The molecule has 124 valence electrons. The number of carbonyl (C=O) groups is 2. The van der Waals surface area contributed by atoms with Gasteiger partial charge in [0.25, 0.3) is 5.91 Å². The highest BCUT2D eigenvalue weighted by Gasteiger charge is 2.52. The first-order valence-electron chi connectivity index (χ1n) is 7.85. The van der Waals surface area contributed by atoms with Crippen LogP contribution in [-0.2, 0) is 4.79 Å². The fraction of sp³-hybridized carbons (Fsp3) is 0.562. The van der Waals surface area contributed by atoms with Crippen molar-refractivity contribution >= 4 is 11.9 Å². The van der Waals surface area contributed by atoms with Gasteiger partial charge < -0.3 is 10.4 Å². The van der Waals surface area contributed by atoms with Crippen LogP contribution in [0.15, 0.2) is 18.3 Å². The number of urea groups is 1. The molecule has 1 aliphatic carbocycles. The lowest BCUT2D eigenvalue weighted by atomic mass is 9.77. The quantitative estimate of drug-likeness (QED) is 0.831. The third-order valence-corrected chi connectivity index (χ3v) is 4.82. The average Bonchev–Trinajstić information content (AvgIpc) is 2.75. The second kappa shape index (κ2) is 5.88. The minimum atomic E-state index is -1.14. The number of amides is 3. The lowest BCUT2D eigenvalue weighted by Gasteiger charge is -2.33. The number of hydrogen-bond acceptors (Lipinski definition) is 4. The summed E-state index contributed by atoms with van der Waals surface area (Å²) >= 11 is 0. The van der Waals surface area contributed by atoms with Crippen molar-refractivity contribution in [1.29, 1.82) is 0 Å². The number of pyridine rings is 1. The summed E-state index contributed by atoms with van der Waals surface area (Å²) in [6, 6.07) is 2.04. The summed E-state index contributed by atoms with van der Waals surface area (Å²) in [7, 11) is 0. The van der Waals surface area contributed by atoms with Crippen LogP contribution in [0.2, 0.25) is 0 Å². The molecular formula is C16H20FN3O3. The predicted octanol–water partition coefficient (Wildman–Crippen LogP) is 1.75. The molecule has 1 saturated carbocycles. The summed E-state index contributed by atoms with van der Waals surface area (Å²) in [5.74, 6) is -0.241. The SMILES string of the molecule is CC1CCC2(CC1)NC(=O)N(CC(O)c1ccc(F)cn1)C2=O. The van der Waals surface area contributed by atoms with Gasteiger partial charge in [0.1, 0.15) is 17.5 Å². The van der Waals surface area contributed by atoms with E-state index in [0.29, 0.717) is 18.8 Å². The molecule has 0 bridgehead atoms. The molecule has 7 heteroatoms. The Kier molecular flexibility index (Phi) is 4.06. The number of aromatic nitrogens is 1. The summed E-state index contributed by atoms with van der Waals surface area (Å²) in [5, 5.41) is 13.0. The van der Waals surface area contributed by atoms with E-state index in [2.05, 4.69) is 17.2 Å². The Hall–Kier alpha value is -2.02. The molecule has 1 aliphatic heterocycles. The Morgan fingerprint density at radius 3 is 2.74 bits per heavy atom. The molecule has 2 aliphatic rings. The van der Waals surface area contributed by atoms with Crippen molar-refractivity contribution in [2.45, 2.75) is 44.2 Å². The van der Waals surface area contributed by atoms with Crippen LogP contribution < -0.4 is 5.32 Å². The van der Waals surface area contributed by atoms with Gasteiger partial charge in [0.15, 0.2) is 0 Å². The van der Waals surface area contributed by atoms with Crippen LogP contribution in [0.3, 0.4) is 0 Å². The van der Waals surface area contributed by atoms with E-state index in [4.69, 9.17) is 0 Å². The maximum atomic E-state index is 12.9. The molecule has 1 aromatic heterocycles. The van der Waals surface area contributed by atoms with Crippen molar-refractivity contribution in [2.75, 3.05) is 6.54 Å². The van der Waals surface area contributed by atoms with Crippen molar-refractivity contribution in [3.05, 3.63) is 29.8 Å². The smallest absolute Gasteiger partial charge is 0.325 e. The van der Waals surface area contributed by atoms with Gasteiger partial charge in [-0.15, -0.1) is 0 Å². The van der Waals surface area contributed by atoms with Gasteiger partial charge in [-0.1, -0.05) is 6.92 Å². The Labute approximate surface area is 133 Å². The molecule has 0 aromatic carbocycles. The number of rotatable bonds is 3. The number of aliphatic hydroxyl groups excluding tert-OH is 1. The highest BCUT2D eigenvalue weighted by Crippen LogP contribution is 2.36. The predicted molar refractivity (Wildman–Crippen MR) is 79.8 cm³/mol. The average molecular weight is 321 g/mol. The fourth-order valence-corrected chi connectivity index (χ4v) is 3.29. The zero-order valence-corrected chi connectivity index (χ0v) is 13.0. The van der Waals surface area contributed by atoms with Gasteiger partial charge in [0.05, 0.1) is 18.4 Å². The standard InChI is InChI=1S/C16H20FN3O3/c1-10-4-6-16(7-5-10)14(22)20(15(23)19-16)9-13(21)12-3-2-11(17)8-18-12/h2-3,8,10,13,21H,4-7,9H2,1H3,(H,19,23). The zero-order chi connectivity index (χ0) is 16.6. The van der Waals surface area contributed by atoms with E-state index in [0.717, 1.165) is 23.9 Å². The largest absolute Gasteiger partial charge is 0.385 e. The maximum Gasteiger partial charge on any atom is 0.325 e. The van der Waals surface area contributed by atoms with E-state index in [1.54, 1.807) is 0 Å². The molecule has 2 N–H and O–H groups in total. The Balaban J connectivity index is 1.72. The number of aliphatic hydroxyl groups is 1. The van der Waals surface area contributed by atoms with Crippen LogP contribution in [0.25, 0.3) is 0 Å². The van der Waals surface area contributed by atoms with Gasteiger partial charge in [-0.05, 0) is 43.7 Å². The Morgan fingerprint density at radius 2 is 2.13 bits per heavy atom. The molecule has 2 heterocycles. The van der Waals surface area contributed by atoms with E-state index >= 15 is 0 Å². The Bertz CT molecular complexity index is 612. The van der Waals surface area contributed by atoms with Gasteiger partial charge in [-0.2, -0.15) is 0 Å². The molecule has 1 spiro atoms. The first kappa shape index (κ1) is 15.9. The topological polar surface area (TPSA) is 82.5 Å². The monoisotopic (exact) mass is 321 g/mol. The number of imide groups is 1. The van der Waals surface area contributed by atoms with E-state index in [1.807, 2.05) is 0 Å². The van der Waals surface area contributed by atoms with E-state index in [1.165, 1.54) is 12.1 Å². The summed E-state index contributed by atoms with van der Waals surface area (Å²) in [6.45, 7) is 1.95. The lowest BCUT2D eigenvalue weighted by molar-refractivity contribution is -0.133. The van der Waals surface area contributed by atoms with E-state index in [9.17, 15) is 19.1 Å². The number of nitrogens with zero attached hydrogens (tertiary/aromatic N) is 2. The summed E-state index contributed by atoms with van der Waals surface area (Å²) < 4.78 is 12.9. The summed E-state index contributed by atoms with van der Waals surface area (Å²) in [4.78, 5) is 29.7. The lowest BCUT2D eigenvalue weighted by Crippen LogP contribution is -2.49. The number of halogens is 1. The van der Waals surface area contributed by atoms with E-state index < -0.39 is 23.5 Å². The van der Waals surface area contributed by atoms with Crippen molar-refractivity contribution in [1.82, 2.24) is 15.2 Å². The minimum Gasteiger partial charge on any atom is -0.385 e. The van der Waals surface area contributed by atoms with E-state index in [-0.39, 0.29) is 18.1 Å². The number of β-amino-alcohol motifs (C(OH)–C–C–N with tert-alkyl or cyclic N) is 1. The first-order valence-corrected chi connectivity index (χ1v) is 7.85. The maximum absolute atomic E-state index is 12.9. The molecule has 1 atom stereocenters. The molecule has 3 rings (SSSR count). The molecule has 6 nitrogen and oxygen atoms in total. The van der Waals surface area contributed by atoms with Crippen LogP contribution in [0.5, 0.6) is 0 Å². The van der Waals surface area contributed by atoms with Gasteiger partial charge in [-0.25, -0.2) is 9.18 Å². The van der Waals surface area contributed by atoms with Crippen LogP contribution in [0.1, 0.15) is 44.4 Å². The van der Waals surface area contributed by atoms with Crippen molar-refractivity contribution in [2.24, 2.45) is 5.92 Å². The summed E-state index contributed by atoms with van der Waals surface area (Å²) in [6.07, 6.45) is 2.89. The van der Waals surface area contributed by atoms with Gasteiger partial charge in [-0.3, -0.25) is 14.7 Å². The van der Waals surface area contributed by atoms with Crippen molar-refractivity contribution in [3.8, 4) is 0 Å². The van der Waals surface area contributed by atoms with Crippen molar-refractivity contribution < 1.29 is 19.1 Å². The van der Waals surface area contributed by atoms with Crippen LogP contribution in [0.4, 0.5) is 9.18 Å². The molecule has 1 unspecified atom stereocenters. The van der Waals surface area contributed by atoms with Gasteiger partial charge >= 0.3 is 6.03 Å². The highest BCUT2D eigenvalue weighted by molar-refractivity contribution is 6.07. The summed E-state index contributed by atoms with van der Waals surface area (Å²) in [5.41, 5.74) is -0.593. The molecule has 2 fully saturated rings. The number of nitrogens with one attached hydrogen (secondary N) is 1. The third kappa shape index (κ3) is 2.93. The van der Waals surface area contributed by atoms with Crippen LogP contribution in [0, 0.1) is 11.7 Å². The molecule has 3 amide bonds. The molecule has 0 radical (unpaired) electrons. The highest BCUT2D eigenvalue weighted by atomic mass is 19.1. The first-order chi connectivity index (χ1) is 10.9. The fourth-order valence-electron chi connectivity index (χ4n) is 3.29. The van der Waals surface area contributed by atoms with Crippen LogP contribution >= 0.6 is 0 Å². The zero-order valence-electron chi connectivity index (χ0n) is 13.0. The molecule has 1 aromatic rings. The second-order valence-electron chi connectivity index (χ2n) is 6.53. The van der Waals surface area contributed by atoms with Crippen LogP contribution in [-0.4, -0.2) is 39.0 Å². The third-order valence-electron chi connectivity index (χ3n) is 4.82. The number of hydrogen-bond donors (Lipinski definition) is 2. The molecule has 23 heavy (non-hydrogen) atoms. The van der Waals surface area contributed by atoms with Crippen molar-refractivity contribution in [3.63, 3.8) is 0 Å². The number of carbonyl (C=O) groups excluding carboxylic acids is 2. The molecular weight excluding hydrogens is 301 g/mol. The second-order valence-corrected chi connectivity index (χ2v) is 6.53. The van der Waals surface area contributed by atoms with Gasteiger partial charge in [0.2, 0.25) is 0 Å². The normalized spacial score (nSPS) is 29.0. The minimum absolute atomic E-state index is 0.180. The molecule has 1 saturated heterocycles. The Morgan fingerprint density at radius 1 is 1.43 bits per heavy atom.